The minimum absolute atomic E-state index is 0.352. The van der Waals surface area contributed by atoms with Gasteiger partial charge in [-0.15, -0.1) is 0 Å². The molecule has 158 valence electrons. The van der Waals surface area contributed by atoms with Crippen LogP contribution in [-0.4, -0.2) is 39.9 Å². The highest BCUT2D eigenvalue weighted by Crippen LogP contribution is 2.27. The molecule has 4 aromatic rings. The summed E-state index contributed by atoms with van der Waals surface area (Å²) in [5.74, 6) is 1.10. The van der Waals surface area contributed by atoms with Crippen molar-refractivity contribution >= 4 is 22.8 Å². The van der Waals surface area contributed by atoms with Gasteiger partial charge in [-0.1, -0.05) is 17.7 Å². The van der Waals surface area contributed by atoms with E-state index in [1.165, 1.54) is 26.1 Å². The molecule has 0 radical (unpaired) electrons. The van der Waals surface area contributed by atoms with Gasteiger partial charge in [0.1, 0.15) is 6.33 Å². The topological polar surface area (TPSA) is 103 Å². The molecule has 2 aromatic carbocycles. The molecular formula is C22H22N6O3. The van der Waals surface area contributed by atoms with Crippen LogP contribution in [0.2, 0.25) is 0 Å². The van der Waals surface area contributed by atoms with Crippen molar-refractivity contribution in [1.82, 2.24) is 25.2 Å². The molecule has 0 bridgehead atoms. The Morgan fingerprint density at radius 2 is 1.81 bits per heavy atom. The second-order valence-electron chi connectivity index (χ2n) is 6.95. The van der Waals surface area contributed by atoms with Crippen molar-refractivity contribution < 1.29 is 14.3 Å². The highest BCUT2D eigenvalue weighted by atomic mass is 16.5. The average Bonchev–Trinajstić information content (AvgIpc) is 3.21. The standard InChI is InChI=1S/C22H22N6O3/c1-13-5-7-17(14(2)9-13)28-21-16(11-25-28)20(23-12-24-21)26-27-22(29)15-6-8-18(30-3)19(10-15)31-4/h5-12H,1-4H3,(H,27,29)(H,23,24,26). The molecule has 2 aromatic heterocycles. The second-order valence-corrected chi connectivity index (χ2v) is 6.95. The molecule has 0 spiro atoms. The van der Waals surface area contributed by atoms with Gasteiger partial charge in [-0.3, -0.25) is 15.6 Å². The van der Waals surface area contributed by atoms with Gasteiger partial charge in [0, 0.05) is 5.56 Å². The Hall–Kier alpha value is -4.14. The number of nitrogens with one attached hydrogen (secondary N) is 2. The van der Waals surface area contributed by atoms with Gasteiger partial charge in [-0.05, 0) is 43.7 Å². The van der Waals surface area contributed by atoms with Gasteiger partial charge in [0.05, 0.1) is 31.5 Å². The molecular weight excluding hydrogens is 396 g/mol. The van der Waals surface area contributed by atoms with Crippen LogP contribution in [0.25, 0.3) is 16.7 Å². The summed E-state index contributed by atoms with van der Waals surface area (Å²) >= 11 is 0. The van der Waals surface area contributed by atoms with E-state index in [1.807, 2.05) is 26.0 Å². The van der Waals surface area contributed by atoms with Crippen molar-refractivity contribution in [3.05, 3.63) is 65.6 Å². The van der Waals surface area contributed by atoms with Crippen LogP contribution in [0, 0.1) is 13.8 Å². The van der Waals surface area contributed by atoms with Gasteiger partial charge in [-0.2, -0.15) is 5.10 Å². The van der Waals surface area contributed by atoms with Crippen LogP contribution in [0.4, 0.5) is 5.82 Å². The SMILES string of the molecule is COc1ccc(C(=O)NNc2ncnc3c2cnn3-c2ccc(C)cc2C)cc1OC. The Kier molecular flexibility index (Phi) is 5.40. The molecule has 0 saturated carbocycles. The zero-order valence-electron chi connectivity index (χ0n) is 17.6. The van der Waals surface area contributed by atoms with Gasteiger partial charge in [0.15, 0.2) is 23.0 Å². The van der Waals surface area contributed by atoms with E-state index in [0.29, 0.717) is 33.9 Å². The number of fused-ring (bicyclic) bond motifs is 1. The van der Waals surface area contributed by atoms with Crippen molar-refractivity contribution in [3.8, 4) is 17.2 Å². The number of carbonyl (C=O) groups excluding carboxylic acids is 1. The molecule has 31 heavy (non-hydrogen) atoms. The highest BCUT2D eigenvalue weighted by molar-refractivity contribution is 5.96. The summed E-state index contributed by atoms with van der Waals surface area (Å²) in [5.41, 5.74) is 9.74. The van der Waals surface area contributed by atoms with Crippen molar-refractivity contribution in [2.45, 2.75) is 13.8 Å². The summed E-state index contributed by atoms with van der Waals surface area (Å²) in [6.07, 6.45) is 3.09. The van der Waals surface area contributed by atoms with Crippen molar-refractivity contribution in [3.63, 3.8) is 0 Å². The molecule has 2 heterocycles. The van der Waals surface area contributed by atoms with E-state index in [9.17, 15) is 4.79 Å². The molecule has 0 fully saturated rings. The van der Waals surface area contributed by atoms with Crippen molar-refractivity contribution in [2.24, 2.45) is 0 Å². The van der Waals surface area contributed by atoms with Gasteiger partial charge in [-0.25, -0.2) is 14.6 Å². The van der Waals surface area contributed by atoms with Crippen LogP contribution >= 0.6 is 0 Å². The maximum Gasteiger partial charge on any atom is 0.269 e. The minimum Gasteiger partial charge on any atom is -0.493 e. The lowest BCUT2D eigenvalue weighted by molar-refractivity contribution is 0.0962. The van der Waals surface area contributed by atoms with E-state index in [-0.39, 0.29) is 5.91 Å². The van der Waals surface area contributed by atoms with Crippen LogP contribution in [0.3, 0.4) is 0 Å². The zero-order valence-corrected chi connectivity index (χ0v) is 17.6. The molecule has 4 rings (SSSR count). The third-order valence-electron chi connectivity index (χ3n) is 4.89. The Balaban J connectivity index is 1.58. The maximum atomic E-state index is 12.6. The normalized spacial score (nSPS) is 10.7. The number of aromatic nitrogens is 4. The summed E-state index contributed by atoms with van der Waals surface area (Å²) < 4.78 is 12.2. The number of hydrogen-bond donors (Lipinski definition) is 2. The molecule has 0 atom stereocenters. The lowest BCUT2D eigenvalue weighted by atomic mass is 10.1. The largest absolute Gasteiger partial charge is 0.493 e. The predicted molar refractivity (Wildman–Crippen MR) is 117 cm³/mol. The van der Waals surface area contributed by atoms with E-state index in [1.54, 1.807) is 29.1 Å². The Morgan fingerprint density at radius 1 is 1.00 bits per heavy atom. The fraction of sp³-hybridized carbons (Fsp3) is 0.182. The Bertz CT molecular complexity index is 1270. The van der Waals surface area contributed by atoms with E-state index in [4.69, 9.17) is 9.47 Å². The summed E-state index contributed by atoms with van der Waals surface area (Å²) in [6, 6.07) is 11.0. The fourth-order valence-electron chi connectivity index (χ4n) is 3.33. The number of aryl methyl sites for hydroxylation is 2. The number of methoxy groups -OCH3 is 2. The van der Waals surface area contributed by atoms with Crippen molar-refractivity contribution in [2.75, 3.05) is 19.6 Å². The number of amides is 1. The van der Waals surface area contributed by atoms with E-state index in [0.717, 1.165) is 11.3 Å². The van der Waals surface area contributed by atoms with Crippen molar-refractivity contribution in [1.29, 1.82) is 0 Å². The summed E-state index contributed by atoms with van der Waals surface area (Å²) in [5, 5.41) is 5.15. The van der Waals surface area contributed by atoms with Crippen LogP contribution in [0.1, 0.15) is 21.5 Å². The van der Waals surface area contributed by atoms with Crippen LogP contribution < -0.4 is 20.3 Å². The quantitative estimate of drug-likeness (QED) is 0.464. The van der Waals surface area contributed by atoms with Gasteiger partial charge < -0.3 is 9.47 Å². The Labute approximate surface area is 179 Å². The first-order valence-corrected chi connectivity index (χ1v) is 9.56. The number of anilines is 1. The molecule has 0 saturated heterocycles. The van der Waals surface area contributed by atoms with Gasteiger partial charge >= 0.3 is 0 Å². The number of rotatable bonds is 6. The smallest absolute Gasteiger partial charge is 0.269 e. The monoisotopic (exact) mass is 418 g/mol. The summed E-state index contributed by atoms with van der Waals surface area (Å²) in [6.45, 7) is 4.07. The summed E-state index contributed by atoms with van der Waals surface area (Å²) in [4.78, 5) is 21.2. The van der Waals surface area contributed by atoms with Gasteiger partial charge in [0.2, 0.25) is 0 Å². The van der Waals surface area contributed by atoms with E-state index >= 15 is 0 Å². The molecule has 9 nitrogen and oxygen atoms in total. The van der Waals surface area contributed by atoms with E-state index in [2.05, 4.69) is 32.0 Å². The number of nitrogens with zero attached hydrogens (tertiary/aromatic N) is 4. The second kappa shape index (κ2) is 8.31. The molecule has 0 aliphatic heterocycles. The number of carbonyl (C=O) groups is 1. The molecule has 0 aliphatic rings. The first kappa shape index (κ1) is 20.1. The van der Waals surface area contributed by atoms with E-state index < -0.39 is 0 Å². The summed E-state index contributed by atoms with van der Waals surface area (Å²) in [7, 11) is 3.06. The first-order chi connectivity index (χ1) is 15.0. The molecule has 2 N–H and O–H groups in total. The third kappa shape index (κ3) is 3.85. The van der Waals surface area contributed by atoms with Crippen LogP contribution in [0.15, 0.2) is 48.9 Å². The van der Waals surface area contributed by atoms with Crippen LogP contribution in [-0.2, 0) is 0 Å². The highest BCUT2D eigenvalue weighted by Gasteiger charge is 2.14. The number of hydrazine groups is 1. The van der Waals surface area contributed by atoms with Crippen LogP contribution in [0.5, 0.6) is 11.5 Å². The molecule has 1 amide bonds. The minimum atomic E-state index is -0.352. The van der Waals surface area contributed by atoms with Gasteiger partial charge in [0.25, 0.3) is 5.91 Å². The number of benzene rings is 2. The fourth-order valence-corrected chi connectivity index (χ4v) is 3.33. The molecule has 9 heteroatoms. The first-order valence-electron chi connectivity index (χ1n) is 9.56. The Morgan fingerprint density at radius 3 is 2.55 bits per heavy atom. The lowest BCUT2D eigenvalue weighted by Gasteiger charge is -2.11. The molecule has 0 aliphatic carbocycles. The average molecular weight is 418 g/mol. The number of ether oxygens (including phenoxy) is 2. The molecule has 0 unspecified atom stereocenters. The number of hydrogen-bond acceptors (Lipinski definition) is 7. The third-order valence-corrected chi connectivity index (χ3v) is 4.89. The lowest BCUT2D eigenvalue weighted by Crippen LogP contribution is -2.30. The predicted octanol–water partition coefficient (Wildman–Crippen LogP) is 3.21. The zero-order chi connectivity index (χ0) is 22.0. The maximum absolute atomic E-state index is 12.6.